The molecule has 0 aliphatic carbocycles. The number of methoxy groups -OCH3 is 1. The number of benzene rings is 2. The fraction of sp³-hybridized carbons (Fsp3) is 0.235. The van der Waals surface area contributed by atoms with Gasteiger partial charge in [0.05, 0.1) is 17.9 Å². The summed E-state index contributed by atoms with van der Waals surface area (Å²) >= 11 is 11.1. The standard InChI is InChI=1S/C17H17BrClNO2S/c1-10-7-16(11(2)6-13(10)18)23-9-17(21)20-12-4-5-15(22-3)14(19)8-12/h4-8H,9H2,1-3H3,(H,20,21). The topological polar surface area (TPSA) is 38.3 Å². The highest BCUT2D eigenvalue weighted by Gasteiger charge is 2.09. The zero-order valence-corrected chi connectivity index (χ0v) is 16.2. The van der Waals surface area contributed by atoms with E-state index in [1.807, 2.05) is 13.8 Å². The molecule has 0 aliphatic heterocycles. The van der Waals surface area contributed by atoms with E-state index in [9.17, 15) is 4.79 Å². The lowest BCUT2D eigenvalue weighted by atomic mass is 10.2. The third-order valence-electron chi connectivity index (χ3n) is 3.25. The largest absolute Gasteiger partial charge is 0.495 e. The second-order valence-corrected chi connectivity index (χ2v) is 7.33. The van der Waals surface area contributed by atoms with Crippen LogP contribution in [-0.2, 0) is 4.79 Å². The average molecular weight is 415 g/mol. The molecule has 0 saturated heterocycles. The van der Waals surface area contributed by atoms with E-state index in [-0.39, 0.29) is 5.91 Å². The highest BCUT2D eigenvalue weighted by Crippen LogP contribution is 2.29. The van der Waals surface area contributed by atoms with Crippen LogP contribution in [0.15, 0.2) is 39.7 Å². The summed E-state index contributed by atoms with van der Waals surface area (Å²) in [6, 6.07) is 9.33. The van der Waals surface area contributed by atoms with E-state index < -0.39 is 0 Å². The van der Waals surface area contributed by atoms with Gasteiger partial charge in [0.2, 0.25) is 5.91 Å². The number of hydrogen-bond acceptors (Lipinski definition) is 3. The molecule has 6 heteroatoms. The van der Waals surface area contributed by atoms with Crippen molar-refractivity contribution in [1.29, 1.82) is 0 Å². The van der Waals surface area contributed by atoms with Gasteiger partial charge in [-0.05, 0) is 55.3 Å². The molecule has 0 aliphatic rings. The minimum atomic E-state index is -0.0730. The molecule has 1 amide bonds. The molecule has 0 bridgehead atoms. The van der Waals surface area contributed by atoms with Crippen molar-refractivity contribution in [2.45, 2.75) is 18.7 Å². The highest BCUT2D eigenvalue weighted by molar-refractivity contribution is 9.10. The van der Waals surface area contributed by atoms with Gasteiger partial charge in [0, 0.05) is 15.1 Å². The van der Waals surface area contributed by atoms with E-state index in [0.717, 1.165) is 20.5 Å². The Kier molecular flexibility index (Phi) is 6.39. The van der Waals surface area contributed by atoms with Crippen molar-refractivity contribution < 1.29 is 9.53 Å². The van der Waals surface area contributed by atoms with Crippen LogP contribution in [0.1, 0.15) is 11.1 Å². The molecular formula is C17H17BrClNO2S. The number of nitrogens with one attached hydrogen (secondary N) is 1. The number of aryl methyl sites for hydroxylation is 2. The summed E-state index contributed by atoms with van der Waals surface area (Å²) in [6.45, 7) is 4.07. The summed E-state index contributed by atoms with van der Waals surface area (Å²) in [5.74, 6) is 0.849. The number of carbonyl (C=O) groups excluding carboxylic acids is 1. The van der Waals surface area contributed by atoms with Crippen LogP contribution in [0.5, 0.6) is 5.75 Å². The molecule has 2 aromatic rings. The SMILES string of the molecule is COc1ccc(NC(=O)CSc2cc(C)c(Br)cc2C)cc1Cl. The number of hydrogen-bond donors (Lipinski definition) is 1. The maximum Gasteiger partial charge on any atom is 0.234 e. The predicted molar refractivity (Wildman–Crippen MR) is 101 cm³/mol. The average Bonchev–Trinajstić information content (AvgIpc) is 2.50. The summed E-state index contributed by atoms with van der Waals surface area (Å²) in [6.07, 6.45) is 0. The molecule has 1 N–H and O–H groups in total. The molecule has 0 atom stereocenters. The molecule has 0 saturated carbocycles. The predicted octanol–water partition coefficient (Wildman–Crippen LogP) is 5.46. The second kappa shape index (κ2) is 8.08. The Balaban J connectivity index is 1.98. The minimum Gasteiger partial charge on any atom is -0.495 e. The fourth-order valence-electron chi connectivity index (χ4n) is 1.99. The van der Waals surface area contributed by atoms with Gasteiger partial charge in [0.25, 0.3) is 0 Å². The minimum absolute atomic E-state index is 0.0730. The number of thioether (sulfide) groups is 1. The van der Waals surface area contributed by atoms with E-state index in [2.05, 4.69) is 33.4 Å². The Labute approximate surface area is 153 Å². The molecule has 2 aromatic carbocycles. The van der Waals surface area contributed by atoms with E-state index in [0.29, 0.717) is 22.2 Å². The molecule has 0 radical (unpaired) electrons. The smallest absolute Gasteiger partial charge is 0.234 e. The van der Waals surface area contributed by atoms with Crippen molar-refractivity contribution in [2.75, 3.05) is 18.2 Å². The van der Waals surface area contributed by atoms with Gasteiger partial charge in [-0.3, -0.25) is 4.79 Å². The fourth-order valence-corrected chi connectivity index (χ4v) is 3.62. The molecule has 0 fully saturated rings. The molecule has 122 valence electrons. The Morgan fingerprint density at radius 3 is 2.65 bits per heavy atom. The summed E-state index contributed by atoms with van der Waals surface area (Å²) in [5, 5.41) is 3.31. The summed E-state index contributed by atoms with van der Waals surface area (Å²) in [7, 11) is 1.55. The molecule has 0 aromatic heterocycles. The Hall–Kier alpha value is -1.17. The first kappa shape index (κ1) is 18.2. The maximum atomic E-state index is 12.1. The van der Waals surface area contributed by atoms with Gasteiger partial charge in [0.15, 0.2) is 0 Å². The first-order valence-electron chi connectivity index (χ1n) is 6.93. The Morgan fingerprint density at radius 2 is 2.00 bits per heavy atom. The lowest BCUT2D eigenvalue weighted by molar-refractivity contribution is -0.113. The number of rotatable bonds is 5. The van der Waals surface area contributed by atoms with Gasteiger partial charge in [-0.2, -0.15) is 0 Å². The van der Waals surface area contributed by atoms with Gasteiger partial charge in [-0.15, -0.1) is 11.8 Å². The summed E-state index contributed by atoms with van der Waals surface area (Å²) in [4.78, 5) is 13.2. The van der Waals surface area contributed by atoms with Gasteiger partial charge < -0.3 is 10.1 Å². The third-order valence-corrected chi connectivity index (χ3v) is 5.56. The molecular weight excluding hydrogens is 398 g/mol. The maximum absolute atomic E-state index is 12.1. The van der Waals surface area contributed by atoms with E-state index in [1.165, 1.54) is 11.8 Å². The monoisotopic (exact) mass is 413 g/mol. The van der Waals surface area contributed by atoms with Crippen molar-refractivity contribution >= 4 is 50.9 Å². The van der Waals surface area contributed by atoms with Crippen LogP contribution in [0.4, 0.5) is 5.69 Å². The normalized spacial score (nSPS) is 10.5. The van der Waals surface area contributed by atoms with Crippen molar-refractivity contribution in [2.24, 2.45) is 0 Å². The van der Waals surface area contributed by atoms with Gasteiger partial charge in [0.1, 0.15) is 5.75 Å². The van der Waals surface area contributed by atoms with Crippen LogP contribution in [0, 0.1) is 13.8 Å². The van der Waals surface area contributed by atoms with Crippen LogP contribution >= 0.6 is 39.3 Å². The van der Waals surface area contributed by atoms with Crippen LogP contribution in [0.2, 0.25) is 5.02 Å². The summed E-state index contributed by atoms with van der Waals surface area (Å²) < 4.78 is 6.17. The van der Waals surface area contributed by atoms with E-state index in [1.54, 1.807) is 25.3 Å². The zero-order chi connectivity index (χ0) is 17.0. The molecule has 2 rings (SSSR count). The van der Waals surface area contributed by atoms with E-state index in [4.69, 9.17) is 16.3 Å². The summed E-state index contributed by atoms with van der Waals surface area (Å²) in [5.41, 5.74) is 2.96. The van der Waals surface area contributed by atoms with Gasteiger partial charge in [-0.1, -0.05) is 27.5 Å². The quantitative estimate of drug-likeness (QED) is 0.660. The first-order valence-corrected chi connectivity index (χ1v) is 9.09. The van der Waals surface area contributed by atoms with Crippen molar-refractivity contribution in [3.63, 3.8) is 0 Å². The van der Waals surface area contributed by atoms with Crippen LogP contribution in [0.25, 0.3) is 0 Å². The number of amides is 1. The molecule has 0 heterocycles. The zero-order valence-electron chi connectivity index (χ0n) is 13.1. The molecule has 0 spiro atoms. The molecule has 0 unspecified atom stereocenters. The van der Waals surface area contributed by atoms with Crippen molar-refractivity contribution in [3.8, 4) is 5.75 Å². The second-order valence-electron chi connectivity index (χ2n) is 5.05. The number of ether oxygens (including phenoxy) is 1. The first-order chi connectivity index (χ1) is 10.9. The highest BCUT2D eigenvalue weighted by atomic mass is 79.9. The lowest BCUT2D eigenvalue weighted by Gasteiger charge is -2.10. The Morgan fingerprint density at radius 1 is 1.26 bits per heavy atom. The van der Waals surface area contributed by atoms with Crippen LogP contribution < -0.4 is 10.1 Å². The van der Waals surface area contributed by atoms with E-state index >= 15 is 0 Å². The number of halogens is 2. The van der Waals surface area contributed by atoms with Gasteiger partial charge >= 0.3 is 0 Å². The molecule has 3 nitrogen and oxygen atoms in total. The number of carbonyl (C=O) groups is 1. The Bertz CT molecular complexity index is 737. The van der Waals surface area contributed by atoms with Crippen molar-refractivity contribution in [1.82, 2.24) is 0 Å². The van der Waals surface area contributed by atoms with Gasteiger partial charge in [-0.25, -0.2) is 0 Å². The molecule has 23 heavy (non-hydrogen) atoms. The number of anilines is 1. The third kappa shape index (κ3) is 4.90. The lowest BCUT2D eigenvalue weighted by Crippen LogP contribution is -2.14. The van der Waals surface area contributed by atoms with Crippen LogP contribution in [-0.4, -0.2) is 18.8 Å². The van der Waals surface area contributed by atoms with Crippen molar-refractivity contribution in [3.05, 3.63) is 51.0 Å². The van der Waals surface area contributed by atoms with Crippen LogP contribution in [0.3, 0.4) is 0 Å².